The number of anilines is 1. The van der Waals surface area contributed by atoms with Crippen molar-refractivity contribution in [2.45, 2.75) is 46.1 Å². The summed E-state index contributed by atoms with van der Waals surface area (Å²) in [5, 5.41) is 3.48. The van der Waals surface area contributed by atoms with Crippen molar-refractivity contribution in [2.24, 2.45) is 0 Å². The summed E-state index contributed by atoms with van der Waals surface area (Å²) in [6, 6.07) is 5.59. The fourth-order valence-electron chi connectivity index (χ4n) is 3.61. The van der Waals surface area contributed by atoms with E-state index in [1.165, 1.54) is 32.4 Å². The van der Waals surface area contributed by atoms with Crippen LogP contribution in [0.3, 0.4) is 0 Å². The molecule has 2 aromatic rings. The number of benzene rings is 1. The molecule has 1 aliphatic rings. The monoisotopic (exact) mass is 358 g/mol. The van der Waals surface area contributed by atoms with Gasteiger partial charge in [-0.15, -0.1) is 0 Å². The first-order chi connectivity index (χ1) is 12.7. The van der Waals surface area contributed by atoms with Crippen LogP contribution in [-0.2, 0) is 11.3 Å². The smallest absolute Gasteiger partial charge is 0.338 e. The molecular weight excluding hydrogens is 328 g/mol. The first kappa shape index (κ1) is 18.7. The summed E-state index contributed by atoms with van der Waals surface area (Å²) in [5.41, 5.74) is 2.42. The lowest BCUT2D eigenvalue weighted by atomic mass is 10.1. The Balaban J connectivity index is 1.64. The van der Waals surface area contributed by atoms with E-state index in [4.69, 9.17) is 9.72 Å². The number of aromatic nitrogens is 2. The number of esters is 1. The molecule has 26 heavy (non-hydrogen) atoms. The topological polar surface area (TPSA) is 59.4 Å². The number of ether oxygens (including phenoxy) is 1. The first-order valence-electron chi connectivity index (χ1n) is 9.86. The second-order valence-electron chi connectivity index (χ2n) is 6.79. The maximum Gasteiger partial charge on any atom is 0.338 e. The molecule has 1 saturated heterocycles. The molecule has 1 aliphatic heterocycles. The van der Waals surface area contributed by atoms with Crippen LogP contribution < -0.4 is 5.32 Å². The van der Waals surface area contributed by atoms with Crippen LogP contribution in [0.2, 0.25) is 0 Å². The predicted molar refractivity (Wildman–Crippen MR) is 105 cm³/mol. The third-order valence-electron chi connectivity index (χ3n) is 4.96. The maximum atomic E-state index is 11.9. The zero-order chi connectivity index (χ0) is 18.4. The van der Waals surface area contributed by atoms with Crippen molar-refractivity contribution in [2.75, 3.05) is 38.1 Å². The van der Waals surface area contributed by atoms with Gasteiger partial charge >= 0.3 is 5.97 Å². The fraction of sp³-hybridized carbons (Fsp3) is 0.600. The Labute approximate surface area is 155 Å². The zero-order valence-corrected chi connectivity index (χ0v) is 16.0. The van der Waals surface area contributed by atoms with Crippen LogP contribution >= 0.6 is 0 Å². The number of piperidine rings is 1. The molecule has 142 valence electrons. The van der Waals surface area contributed by atoms with E-state index in [0.29, 0.717) is 12.2 Å². The third-order valence-corrected chi connectivity index (χ3v) is 4.96. The van der Waals surface area contributed by atoms with Crippen LogP contribution in [0.1, 0.15) is 49.9 Å². The van der Waals surface area contributed by atoms with E-state index >= 15 is 0 Å². The number of nitrogens with zero attached hydrogens (tertiary/aromatic N) is 3. The summed E-state index contributed by atoms with van der Waals surface area (Å²) in [6.07, 6.45) is 5.16. The number of aryl methyl sites for hydroxylation is 1. The van der Waals surface area contributed by atoms with E-state index in [1.807, 2.05) is 25.1 Å². The molecule has 0 amide bonds. The first-order valence-corrected chi connectivity index (χ1v) is 9.86. The van der Waals surface area contributed by atoms with Gasteiger partial charge in [0.1, 0.15) is 0 Å². The van der Waals surface area contributed by atoms with Crippen LogP contribution in [-0.4, -0.2) is 53.2 Å². The van der Waals surface area contributed by atoms with Crippen molar-refractivity contribution in [3.63, 3.8) is 0 Å². The minimum absolute atomic E-state index is 0.295. The number of rotatable bonds is 8. The van der Waals surface area contributed by atoms with E-state index in [9.17, 15) is 4.79 Å². The molecule has 1 N–H and O–H groups in total. The molecule has 0 spiro atoms. The molecule has 0 unspecified atom stereocenters. The van der Waals surface area contributed by atoms with Gasteiger partial charge < -0.3 is 19.5 Å². The highest BCUT2D eigenvalue weighted by molar-refractivity contribution is 5.94. The highest BCUT2D eigenvalue weighted by Gasteiger charge is 2.14. The number of carbonyl (C=O) groups is 1. The summed E-state index contributed by atoms with van der Waals surface area (Å²) in [5.74, 6) is 0.582. The standard InChI is InChI=1S/C20H30N4O2/c1-3-24-18-10-9-16(19(25)26-4-2)15-17(18)22-20(24)21-11-8-14-23-12-6-5-7-13-23/h9-10,15H,3-8,11-14H2,1-2H3,(H,21,22). The minimum Gasteiger partial charge on any atom is -0.462 e. The van der Waals surface area contributed by atoms with Crippen molar-refractivity contribution < 1.29 is 9.53 Å². The number of carbonyl (C=O) groups excluding carboxylic acids is 1. The molecule has 3 rings (SSSR count). The quantitative estimate of drug-likeness (QED) is 0.578. The average molecular weight is 358 g/mol. The third kappa shape index (κ3) is 4.36. The van der Waals surface area contributed by atoms with Gasteiger partial charge in [0.05, 0.1) is 23.2 Å². The van der Waals surface area contributed by atoms with Crippen molar-refractivity contribution in [3.05, 3.63) is 23.8 Å². The molecule has 2 heterocycles. The Morgan fingerprint density at radius 3 is 2.77 bits per heavy atom. The maximum absolute atomic E-state index is 11.9. The normalized spacial score (nSPS) is 15.3. The summed E-state index contributed by atoms with van der Waals surface area (Å²) in [6.45, 7) is 9.67. The van der Waals surface area contributed by atoms with Gasteiger partial charge in [-0.25, -0.2) is 9.78 Å². The van der Waals surface area contributed by atoms with Gasteiger partial charge in [0.15, 0.2) is 0 Å². The number of fused-ring (bicyclic) bond motifs is 1. The Kier molecular flexibility index (Phi) is 6.50. The second kappa shape index (κ2) is 9.03. The molecule has 1 aromatic heterocycles. The predicted octanol–water partition coefficient (Wildman–Crippen LogP) is 3.52. The Morgan fingerprint density at radius 1 is 1.23 bits per heavy atom. The number of hydrogen-bond acceptors (Lipinski definition) is 5. The van der Waals surface area contributed by atoms with Crippen LogP contribution in [0.25, 0.3) is 11.0 Å². The largest absolute Gasteiger partial charge is 0.462 e. The van der Waals surface area contributed by atoms with Gasteiger partial charge in [0, 0.05) is 13.1 Å². The van der Waals surface area contributed by atoms with Crippen LogP contribution in [0.5, 0.6) is 0 Å². The van der Waals surface area contributed by atoms with E-state index in [-0.39, 0.29) is 5.97 Å². The summed E-state index contributed by atoms with van der Waals surface area (Å²) < 4.78 is 7.24. The van der Waals surface area contributed by atoms with E-state index in [1.54, 1.807) is 0 Å². The van der Waals surface area contributed by atoms with Crippen LogP contribution in [0.15, 0.2) is 18.2 Å². The second-order valence-corrected chi connectivity index (χ2v) is 6.79. The summed E-state index contributed by atoms with van der Waals surface area (Å²) in [7, 11) is 0. The number of imidazole rings is 1. The fourth-order valence-corrected chi connectivity index (χ4v) is 3.61. The lowest BCUT2D eigenvalue weighted by Crippen LogP contribution is -2.31. The van der Waals surface area contributed by atoms with Crippen molar-refractivity contribution in [3.8, 4) is 0 Å². The molecule has 0 atom stereocenters. The highest BCUT2D eigenvalue weighted by atomic mass is 16.5. The molecular formula is C20H30N4O2. The zero-order valence-electron chi connectivity index (χ0n) is 16.0. The van der Waals surface area contributed by atoms with Crippen molar-refractivity contribution in [1.82, 2.24) is 14.5 Å². The van der Waals surface area contributed by atoms with Gasteiger partial charge in [-0.3, -0.25) is 0 Å². The highest BCUT2D eigenvalue weighted by Crippen LogP contribution is 2.21. The minimum atomic E-state index is -0.295. The van der Waals surface area contributed by atoms with Crippen molar-refractivity contribution in [1.29, 1.82) is 0 Å². The average Bonchev–Trinajstić information content (AvgIpc) is 3.02. The lowest BCUT2D eigenvalue weighted by Gasteiger charge is -2.26. The number of hydrogen-bond donors (Lipinski definition) is 1. The lowest BCUT2D eigenvalue weighted by molar-refractivity contribution is 0.0526. The SMILES string of the molecule is CCOC(=O)c1ccc2c(c1)nc(NCCCN1CCCCC1)n2CC. The summed E-state index contributed by atoms with van der Waals surface area (Å²) >= 11 is 0. The summed E-state index contributed by atoms with van der Waals surface area (Å²) in [4.78, 5) is 19.2. The van der Waals surface area contributed by atoms with Gasteiger partial charge in [0.25, 0.3) is 0 Å². The van der Waals surface area contributed by atoms with Crippen LogP contribution in [0, 0.1) is 0 Å². The number of nitrogens with one attached hydrogen (secondary N) is 1. The molecule has 6 heteroatoms. The molecule has 0 saturated carbocycles. The van der Waals surface area contributed by atoms with E-state index < -0.39 is 0 Å². The van der Waals surface area contributed by atoms with Gasteiger partial charge in [-0.2, -0.15) is 0 Å². The molecule has 0 bridgehead atoms. The van der Waals surface area contributed by atoms with Crippen LogP contribution in [0.4, 0.5) is 5.95 Å². The Morgan fingerprint density at radius 2 is 2.04 bits per heavy atom. The van der Waals surface area contributed by atoms with Gasteiger partial charge in [-0.1, -0.05) is 6.42 Å². The van der Waals surface area contributed by atoms with Gasteiger partial charge in [0.2, 0.25) is 5.95 Å². The van der Waals surface area contributed by atoms with E-state index in [2.05, 4.69) is 21.7 Å². The Hall–Kier alpha value is -2.08. The van der Waals surface area contributed by atoms with Crippen molar-refractivity contribution >= 4 is 23.0 Å². The Bertz CT molecular complexity index is 735. The molecule has 0 radical (unpaired) electrons. The van der Waals surface area contributed by atoms with E-state index in [0.717, 1.165) is 43.0 Å². The molecule has 1 fully saturated rings. The molecule has 6 nitrogen and oxygen atoms in total. The van der Waals surface area contributed by atoms with Gasteiger partial charge in [-0.05, 0) is 70.9 Å². The number of likely N-dealkylation sites (tertiary alicyclic amines) is 1. The molecule has 0 aliphatic carbocycles. The molecule has 1 aromatic carbocycles.